The summed E-state index contributed by atoms with van der Waals surface area (Å²) in [6, 6.07) is 20.1. The molecule has 2 aromatic heterocycles. The predicted octanol–water partition coefficient (Wildman–Crippen LogP) is 4.42. The van der Waals surface area contributed by atoms with Crippen LogP contribution in [0.15, 0.2) is 73.1 Å². The molecule has 0 saturated heterocycles. The van der Waals surface area contributed by atoms with Crippen molar-refractivity contribution < 1.29 is 4.74 Å². The van der Waals surface area contributed by atoms with Gasteiger partial charge < -0.3 is 15.0 Å². The SMILES string of the molecule is COc1ccccc1C(CNc1nc(-c2ccncc2)nc2ccccc12)N(C)C. The van der Waals surface area contributed by atoms with Crippen LogP contribution in [0.3, 0.4) is 0 Å². The molecular weight excluding hydrogens is 374 g/mol. The first kappa shape index (κ1) is 19.8. The summed E-state index contributed by atoms with van der Waals surface area (Å²) < 4.78 is 5.59. The minimum absolute atomic E-state index is 0.110. The second kappa shape index (κ2) is 8.88. The Bertz CT molecular complexity index is 1130. The molecule has 6 nitrogen and oxygen atoms in total. The van der Waals surface area contributed by atoms with Crippen LogP contribution < -0.4 is 10.1 Å². The van der Waals surface area contributed by atoms with E-state index in [0.717, 1.165) is 33.6 Å². The van der Waals surface area contributed by atoms with Crippen LogP contribution in [-0.2, 0) is 0 Å². The lowest BCUT2D eigenvalue weighted by atomic mass is 10.0. The number of nitrogens with zero attached hydrogens (tertiary/aromatic N) is 4. The number of methoxy groups -OCH3 is 1. The molecular formula is C24H25N5O. The number of nitrogens with one attached hydrogen (secondary N) is 1. The van der Waals surface area contributed by atoms with E-state index in [4.69, 9.17) is 14.7 Å². The van der Waals surface area contributed by atoms with Crippen LogP contribution in [0.25, 0.3) is 22.3 Å². The first-order chi connectivity index (χ1) is 14.7. The Hall–Kier alpha value is -3.51. The number of benzene rings is 2. The standard InChI is InChI=1S/C24H25N5O/c1-29(2)21(19-9-5-7-11-22(19)30-3)16-26-24-18-8-4-6-10-20(18)27-23(28-24)17-12-14-25-15-13-17/h4-15,21H,16H2,1-3H3,(H,26,27,28). The monoisotopic (exact) mass is 399 g/mol. The summed E-state index contributed by atoms with van der Waals surface area (Å²) in [5, 5.41) is 4.56. The first-order valence-electron chi connectivity index (χ1n) is 9.88. The van der Waals surface area contributed by atoms with Crippen molar-refractivity contribution in [2.75, 3.05) is 33.1 Å². The van der Waals surface area contributed by atoms with Crippen LogP contribution in [0.2, 0.25) is 0 Å². The third-order valence-corrected chi connectivity index (χ3v) is 5.13. The van der Waals surface area contributed by atoms with E-state index >= 15 is 0 Å². The van der Waals surface area contributed by atoms with Gasteiger partial charge in [0.05, 0.1) is 18.7 Å². The Morgan fingerprint density at radius 1 is 0.933 bits per heavy atom. The maximum Gasteiger partial charge on any atom is 0.162 e. The van der Waals surface area contributed by atoms with Crippen molar-refractivity contribution in [3.05, 3.63) is 78.6 Å². The van der Waals surface area contributed by atoms with Crippen LogP contribution in [0.4, 0.5) is 5.82 Å². The zero-order valence-electron chi connectivity index (χ0n) is 17.4. The fourth-order valence-electron chi connectivity index (χ4n) is 3.55. The highest BCUT2D eigenvalue weighted by Gasteiger charge is 2.19. The van der Waals surface area contributed by atoms with E-state index in [1.54, 1.807) is 19.5 Å². The molecule has 2 heterocycles. The maximum absolute atomic E-state index is 5.59. The van der Waals surface area contributed by atoms with Crippen LogP contribution in [-0.4, -0.2) is 47.6 Å². The zero-order valence-corrected chi connectivity index (χ0v) is 17.4. The minimum atomic E-state index is 0.110. The topological polar surface area (TPSA) is 63.2 Å². The van der Waals surface area contributed by atoms with Gasteiger partial charge in [0.25, 0.3) is 0 Å². The Morgan fingerprint density at radius 2 is 1.67 bits per heavy atom. The molecule has 152 valence electrons. The molecule has 0 saturated carbocycles. The van der Waals surface area contributed by atoms with Gasteiger partial charge in [-0.1, -0.05) is 30.3 Å². The van der Waals surface area contributed by atoms with Crippen LogP contribution in [0, 0.1) is 0 Å². The van der Waals surface area contributed by atoms with E-state index in [1.807, 2.05) is 54.6 Å². The van der Waals surface area contributed by atoms with Gasteiger partial charge in [-0.25, -0.2) is 9.97 Å². The molecule has 0 fully saturated rings. The number of likely N-dealkylation sites (N-methyl/N-ethyl adjacent to an activating group) is 1. The Labute approximate surface area is 176 Å². The molecule has 0 amide bonds. The normalized spacial score (nSPS) is 12.1. The van der Waals surface area contributed by atoms with E-state index in [-0.39, 0.29) is 6.04 Å². The fraction of sp³-hybridized carbons (Fsp3) is 0.208. The first-order valence-corrected chi connectivity index (χ1v) is 9.88. The molecule has 1 unspecified atom stereocenters. The molecule has 6 heteroatoms. The highest BCUT2D eigenvalue weighted by Crippen LogP contribution is 2.30. The van der Waals surface area contributed by atoms with Crippen LogP contribution in [0.1, 0.15) is 11.6 Å². The van der Waals surface area contributed by atoms with Gasteiger partial charge in [-0.2, -0.15) is 0 Å². The summed E-state index contributed by atoms with van der Waals surface area (Å²) in [7, 11) is 5.84. The molecule has 4 rings (SSSR count). The molecule has 2 aromatic carbocycles. The molecule has 0 bridgehead atoms. The number of fused-ring (bicyclic) bond motifs is 1. The van der Waals surface area contributed by atoms with Crippen molar-refractivity contribution in [1.29, 1.82) is 0 Å². The average Bonchev–Trinajstić information content (AvgIpc) is 2.79. The molecule has 4 aromatic rings. The van der Waals surface area contributed by atoms with Crippen molar-refractivity contribution in [2.24, 2.45) is 0 Å². The molecule has 0 spiro atoms. The van der Waals surface area contributed by atoms with Crippen molar-refractivity contribution in [2.45, 2.75) is 6.04 Å². The average molecular weight is 399 g/mol. The summed E-state index contributed by atoms with van der Waals surface area (Å²) in [6.45, 7) is 0.671. The quantitative estimate of drug-likeness (QED) is 0.496. The van der Waals surface area contributed by atoms with E-state index in [0.29, 0.717) is 12.4 Å². The summed E-state index contributed by atoms with van der Waals surface area (Å²) >= 11 is 0. The van der Waals surface area contributed by atoms with Crippen molar-refractivity contribution in [3.8, 4) is 17.1 Å². The third kappa shape index (κ3) is 4.09. The van der Waals surface area contributed by atoms with Gasteiger partial charge in [0.1, 0.15) is 11.6 Å². The van der Waals surface area contributed by atoms with E-state index < -0.39 is 0 Å². The summed E-state index contributed by atoms with van der Waals surface area (Å²) in [6.07, 6.45) is 3.51. The lowest BCUT2D eigenvalue weighted by molar-refractivity contribution is 0.300. The number of para-hydroxylation sites is 2. The Balaban J connectivity index is 1.70. The smallest absolute Gasteiger partial charge is 0.162 e. The van der Waals surface area contributed by atoms with Crippen molar-refractivity contribution >= 4 is 16.7 Å². The lowest BCUT2D eigenvalue weighted by Crippen LogP contribution is -2.27. The van der Waals surface area contributed by atoms with Gasteiger partial charge in [-0.15, -0.1) is 0 Å². The number of hydrogen-bond acceptors (Lipinski definition) is 6. The number of hydrogen-bond donors (Lipinski definition) is 1. The van der Waals surface area contributed by atoms with Crippen molar-refractivity contribution in [1.82, 2.24) is 19.9 Å². The van der Waals surface area contributed by atoms with E-state index in [2.05, 4.69) is 35.4 Å². The number of anilines is 1. The van der Waals surface area contributed by atoms with Gasteiger partial charge in [-0.3, -0.25) is 4.98 Å². The van der Waals surface area contributed by atoms with Crippen LogP contribution in [0.5, 0.6) is 5.75 Å². The lowest BCUT2D eigenvalue weighted by Gasteiger charge is -2.27. The molecule has 0 aliphatic carbocycles. The van der Waals surface area contributed by atoms with Gasteiger partial charge >= 0.3 is 0 Å². The van der Waals surface area contributed by atoms with Gasteiger partial charge in [0.15, 0.2) is 5.82 Å². The van der Waals surface area contributed by atoms with Gasteiger partial charge in [0.2, 0.25) is 0 Å². The molecule has 1 N–H and O–H groups in total. The summed E-state index contributed by atoms with van der Waals surface area (Å²) in [5.41, 5.74) is 2.97. The summed E-state index contributed by atoms with van der Waals surface area (Å²) in [4.78, 5) is 15.9. The molecule has 1 atom stereocenters. The number of aromatic nitrogens is 3. The second-order valence-electron chi connectivity index (χ2n) is 7.25. The van der Waals surface area contributed by atoms with Crippen LogP contribution >= 0.6 is 0 Å². The summed E-state index contributed by atoms with van der Waals surface area (Å²) in [5.74, 6) is 2.37. The third-order valence-electron chi connectivity index (χ3n) is 5.13. The molecule has 0 radical (unpaired) electrons. The Morgan fingerprint density at radius 3 is 2.43 bits per heavy atom. The van der Waals surface area contributed by atoms with E-state index in [9.17, 15) is 0 Å². The molecule has 0 aliphatic rings. The maximum atomic E-state index is 5.59. The van der Waals surface area contributed by atoms with Gasteiger partial charge in [0, 0.05) is 35.5 Å². The van der Waals surface area contributed by atoms with Crippen molar-refractivity contribution in [3.63, 3.8) is 0 Å². The van der Waals surface area contributed by atoms with E-state index in [1.165, 1.54) is 0 Å². The fourth-order valence-corrected chi connectivity index (χ4v) is 3.55. The molecule has 0 aliphatic heterocycles. The predicted molar refractivity (Wildman–Crippen MR) is 121 cm³/mol. The number of pyridine rings is 1. The largest absolute Gasteiger partial charge is 0.496 e. The van der Waals surface area contributed by atoms with Gasteiger partial charge in [-0.05, 0) is 44.4 Å². The number of rotatable bonds is 7. The minimum Gasteiger partial charge on any atom is -0.496 e. The second-order valence-corrected chi connectivity index (χ2v) is 7.25. The number of ether oxygens (including phenoxy) is 1. The zero-order chi connectivity index (χ0) is 20.9. The highest BCUT2D eigenvalue weighted by molar-refractivity contribution is 5.90. The molecule has 30 heavy (non-hydrogen) atoms. The highest BCUT2D eigenvalue weighted by atomic mass is 16.5. The Kier molecular flexibility index (Phi) is 5.86.